The molecule has 3 aromatic carbocycles. The first-order valence-electron chi connectivity index (χ1n) is 13.1. The second kappa shape index (κ2) is 11.2. The van der Waals surface area contributed by atoms with E-state index in [2.05, 4.69) is 15.6 Å². The average Bonchev–Trinajstić information content (AvgIpc) is 3.61. The molecule has 1 amide bonds. The van der Waals surface area contributed by atoms with Crippen LogP contribution in [0.15, 0.2) is 108 Å². The number of carbonyl (C=O) groups excluding carboxylic acids is 1. The Kier molecular flexibility index (Phi) is 7.13. The van der Waals surface area contributed by atoms with E-state index in [1.165, 1.54) is 12.1 Å². The van der Waals surface area contributed by atoms with Crippen molar-refractivity contribution in [3.8, 4) is 11.3 Å². The summed E-state index contributed by atoms with van der Waals surface area (Å²) >= 11 is 5.73. The number of nitrogens with zero attached hydrogens (tertiary/aromatic N) is 3. The van der Waals surface area contributed by atoms with Crippen LogP contribution in [0.4, 0.5) is 11.4 Å². The lowest BCUT2D eigenvalue weighted by atomic mass is 10.0. The molecule has 0 spiro atoms. The van der Waals surface area contributed by atoms with Gasteiger partial charge in [0.1, 0.15) is 17.6 Å². The van der Waals surface area contributed by atoms with Gasteiger partial charge >= 0.3 is 0 Å². The van der Waals surface area contributed by atoms with Crippen molar-refractivity contribution in [2.24, 2.45) is 0 Å². The first kappa shape index (κ1) is 26.1. The Hall–Kier alpha value is -5.09. The molecule has 9 nitrogen and oxygen atoms in total. The molecule has 0 radical (unpaired) electrons. The quantitative estimate of drug-likeness (QED) is 0.127. The molecule has 1 saturated heterocycles. The molecular formula is C31H25N5O4S. The highest BCUT2D eigenvalue weighted by molar-refractivity contribution is 7.80. The number of hydrogen-bond acceptors (Lipinski definition) is 6. The third-order valence-corrected chi connectivity index (χ3v) is 7.47. The van der Waals surface area contributed by atoms with Crippen LogP contribution in [0, 0.1) is 10.1 Å². The third-order valence-electron chi connectivity index (χ3n) is 7.12. The second-order valence-corrected chi connectivity index (χ2v) is 10.0. The first-order valence-corrected chi connectivity index (χ1v) is 13.5. The highest BCUT2D eigenvalue weighted by Gasteiger charge is 2.41. The fraction of sp³-hybridized carbons (Fsp3) is 0.129. The SMILES string of the molecule is O=C(CCN1C(=S)N[C@H](c2ccccn2)[C@H]1c1ccc(-c2ccc([N+](=O)[O-])cc2)o1)Nc1cccc2ccccc12. The molecule has 0 bridgehead atoms. The van der Waals surface area contributed by atoms with Gasteiger partial charge in [0, 0.05) is 47.9 Å². The molecule has 41 heavy (non-hydrogen) atoms. The van der Waals surface area contributed by atoms with Gasteiger partial charge in [0.2, 0.25) is 5.91 Å². The van der Waals surface area contributed by atoms with E-state index in [0.717, 1.165) is 22.2 Å². The third kappa shape index (κ3) is 5.37. The Labute approximate surface area is 241 Å². The van der Waals surface area contributed by atoms with Crippen molar-refractivity contribution in [2.45, 2.75) is 18.5 Å². The number of non-ortho nitro benzene ring substituents is 1. The van der Waals surface area contributed by atoms with Gasteiger partial charge in [-0.05, 0) is 60.1 Å². The van der Waals surface area contributed by atoms with Crippen molar-refractivity contribution in [3.05, 3.63) is 125 Å². The van der Waals surface area contributed by atoms with Crippen molar-refractivity contribution >= 4 is 45.4 Å². The number of rotatable bonds is 8. The molecule has 1 aliphatic heterocycles. The highest BCUT2D eigenvalue weighted by Crippen LogP contribution is 2.40. The maximum absolute atomic E-state index is 13.1. The molecular weight excluding hydrogens is 538 g/mol. The molecule has 2 N–H and O–H groups in total. The maximum atomic E-state index is 13.1. The zero-order chi connectivity index (χ0) is 28.3. The molecule has 5 aromatic rings. The number of carbonyl (C=O) groups is 1. The number of amides is 1. The number of nitro groups is 1. The molecule has 1 aliphatic rings. The Balaban J connectivity index is 1.25. The van der Waals surface area contributed by atoms with Crippen LogP contribution in [0.5, 0.6) is 0 Å². The van der Waals surface area contributed by atoms with Gasteiger partial charge in [0.15, 0.2) is 5.11 Å². The number of anilines is 1. The van der Waals surface area contributed by atoms with Crippen LogP contribution in [0.2, 0.25) is 0 Å². The smallest absolute Gasteiger partial charge is 0.269 e. The summed E-state index contributed by atoms with van der Waals surface area (Å²) in [7, 11) is 0. The first-order chi connectivity index (χ1) is 20.0. The number of hydrogen-bond donors (Lipinski definition) is 2. The summed E-state index contributed by atoms with van der Waals surface area (Å²) in [6.45, 7) is 0.351. The number of furan rings is 1. The van der Waals surface area contributed by atoms with E-state index in [0.29, 0.717) is 28.7 Å². The molecule has 6 rings (SSSR count). The van der Waals surface area contributed by atoms with Crippen molar-refractivity contribution in [1.82, 2.24) is 15.2 Å². The summed E-state index contributed by atoms with van der Waals surface area (Å²) < 4.78 is 6.30. The van der Waals surface area contributed by atoms with Crippen molar-refractivity contribution in [3.63, 3.8) is 0 Å². The van der Waals surface area contributed by atoms with Gasteiger partial charge in [-0.1, -0.05) is 42.5 Å². The van der Waals surface area contributed by atoms with Crippen LogP contribution in [0.25, 0.3) is 22.1 Å². The van der Waals surface area contributed by atoms with Gasteiger partial charge in [-0.2, -0.15) is 0 Å². The number of aromatic nitrogens is 1. The molecule has 204 valence electrons. The van der Waals surface area contributed by atoms with Crippen LogP contribution in [-0.2, 0) is 4.79 Å². The number of pyridine rings is 1. The standard InChI is InChI=1S/C31H25N5O4S/c37-28(33-24-10-5-7-20-6-1-2-8-23(20)24)17-19-35-30(29(34-31(35)41)25-9-3-4-18-32-25)27-16-15-26(40-27)21-11-13-22(14-12-21)36(38)39/h1-16,18,29-30H,17,19H2,(H,33,37)(H,34,41)/t29-,30-/m1/s1. The zero-order valence-electron chi connectivity index (χ0n) is 21.8. The minimum Gasteiger partial charge on any atom is -0.459 e. The summed E-state index contributed by atoms with van der Waals surface area (Å²) in [6, 6.07) is 28.7. The van der Waals surface area contributed by atoms with E-state index in [4.69, 9.17) is 16.6 Å². The molecule has 0 unspecified atom stereocenters. The van der Waals surface area contributed by atoms with Crippen LogP contribution in [0.3, 0.4) is 0 Å². The molecule has 1 fully saturated rings. The van der Waals surface area contributed by atoms with E-state index in [1.807, 2.05) is 77.7 Å². The lowest BCUT2D eigenvalue weighted by Crippen LogP contribution is -2.32. The Morgan fingerprint density at radius 1 is 1.00 bits per heavy atom. The van der Waals surface area contributed by atoms with E-state index in [1.54, 1.807) is 18.3 Å². The lowest BCUT2D eigenvalue weighted by Gasteiger charge is -2.26. The van der Waals surface area contributed by atoms with Gasteiger partial charge in [-0.25, -0.2) is 0 Å². The Bertz CT molecular complexity index is 1730. The monoisotopic (exact) mass is 563 g/mol. The van der Waals surface area contributed by atoms with E-state index in [9.17, 15) is 14.9 Å². The fourth-order valence-corrected chi connectivity index (χ4v) is 5.47. The van der Waals surface area contributed by atoms with E-state index >= 15 is 0 Å². The molecule has 0 saturated carbocycles. The number of benzene rings is 3. The van der Waals surface area contributed by atoms with Crippen LogP contribution < -0.4 is 10.6 Å². The Morgan fingerprint density at radius 3 is 2.56 bits per heavy atom. The number of nitrogens with one attached hydrogen (secondary N) is 2. The van der Waals surface area contributed by atoms with E-state index < -0.39 is 4.92 Å². The lowest BCUT2D eigenvalue weighted by molar-refractivity contribution is -0.384. The fourth-order valence-electron chi connectivity index (χ4n) is 5.14. The summed E-state index contributed by atoms with van der Waals surface area (Å²) in [5.74, 6) is 1.08. The van der Waals surface area contributed by atoms with Gasteiger partial charge in [-0.3, -0.25) is 19.9 Å². The normalized spacial score (nSPS) is 16.5. The van der Waals surface area contributed by atoms with Gasteiger partial charge in [0.05, 0.1) is 16.7 Å². The van der Waals surface area contributed by atoms with Crippen LogP contribution in [0.1, 0.15) is 30.0 Å². The maximum Gasteiger partial charge on any atom is 0.269 e. The number of nitro benzene ring substituents is 1. The van der Waals surface area contributed by atoms with Crippen molar-refractivity contribution in [2.75, 3.05) is 11.9 Å². The predicted octanol–water partition coefficient (Wildman–Crippen LogP) is 6.40. The van der Waals surface area contributed by atoms with Gasteiger partial charge < -0.3 is 20.0 Å². The molecule has 10 heteroatoms. The number of fused-ring (bicyclic) bond motifs is 1. The minimum atomic E-state index is -0.436. The minimum absolute atomic E-state index is 0.00837. The molecule has 3 heterocycles. The topological polar surface area (TPSA) is 114 Å². The summed E-state index contributed by atoms with van der Waals surface area (Å²) in [4.78, 5) is 30.2. The van der Waals surface area contributed by atoms with Crippen LogP contribution in [-0.4, -0.2) is 32.4 Å². The largest absolute Gasteiger partial charge is 0.459 e. The van der Waals surface area contributed by atoms with Crippen molar-refractivity contribution in [1.29, 1.82) is 0 Å². The number of thiocarbonyl (C=S) groups is 1. The summed E-state index contributed by atoms with van der Waals surface area (Å²) in [5.41, 5.74) is 2.27. The second-order valence-electron chi connectivity index (χ2n) is 9.65. The molecule has 2 aromatic heterocycles. The molecule has 2 atom stereocenters. The summed E-state index contributed by atoms with van der Waals surface area (Å²) in [6.07, 6.45) is 1.92. The molecule has 0 aliphatic carbocycles. The zero-order valence-corrected chi connectivity index (χ0v) is 22.6. The highest BCUT2D eigenvalue weighted by atomic mass is 32.1. The Morgan fingerprint density at radius 2 is 1.78 bits per heavy atom. The van der Waals surface area contributed by atoms with Gasteiger partial charge in [0.25, 0.3) is 5.69 Å². The van der Waals surface area contributed by atoms with Crippen molar-refractivity contribution < 1.29 is 14.1 Å². The van der Waals surface area contributed by atoms with Crippen LogP contribution >= 0.6 is 12.2 Å². The summed E-state index contributed by atoms with van der Waals surface area (Å²) in [5, 5.41) is 20.0. The predicted molar refractivity (Wildman–Crippen MR) is 160 cm³/mol. The van der Waals surface area contributed by atoms with E-state index in [-0.39, 0.29) is 30.1 Å². The van der Waals surface area contributed by atoms with Gasteiger partial charge in [-0.15, -0.1) is 0 Å². The average molecular weight is 564 g/mol.